The van der Waals surface area contributed by atoms with Gasteiger partial charge in [0.05, 0.1) is 32.7 Å². The number of hydrogen-bond acceptors (Lipinski definition) is 1. The molecule has 3 nitrogen and oxygen atoms in total. The van der Waals surface area contributed by atoms with E-state index in [2.05, 4.69) is 49.2 Å². The quantitative estimate of drug-likeness (QED) is 0.826. The molecule has 0 spiro atoms. The van der Waals surface area contributed by atoms with Gasteiger partial charge in [0.15, 0.2) is 5.11 Å². The third-order valence-electron chi connectivity index (χ3n) is 3.83. The standard InChI is InChI=1S/C16H25N3S/c1-4-5-18-6-8-19(9-7-18)16(20)17-15-11-13(2)10-14(3)12-15/h10-12H,4-9H2,1-3H3,(H,17,20)/p+1. The third kappa shape index (κ3) is 4.18. The van der Waals surface area contributed by atoms with E-state index in [4.69, 9.17) is 12.2 Å². The second-order valence-corrected chi connectivity index (χ2v) is 6.18. The molecule has 4 heteroatoms. The number of quaternary nitrogens is 1. The topological polar surface area (TPSA) is 19.7 Å². The molecule has 0 radical (unpaired) electrons. The summed E-state index contributed by atoms with van der Waals surface area (Å²) < 4.78 is 0. The Morgan fingerprint density at radius 2 is 1.80 bits per heavy atom. The normalized spacial score (nSPS) is 16.2. The molecule has 2 rings (SSSR count). The largest absolute Gasteiger partial charge is 0.338 e. The van der Waals surface area contributed by atoms with Gasteiger partial charge in [0.1, 0.15) is 0 Å². The van der Waals surface area contributed by atoms with Crippen LogP contribution in [0, 0.1) is 13.8 Å². The van der Waals surface area contributed by atoms with E-state index < -0.39 is 0 Å². The Bertz CT molecular complexity index is 445. The molecule has 0 amide bonds. The van der Waals surface area contributed by atoms with Crippen molar-refractivity contribution in [3.63, 3.8) is 0 Å². The van der Waals surface area contributed by atoms with Gasteiger partial charge in [0.25, 0.3) is 0 Å². The van der Waals surface area contributed by atoms with Gasteiger partial charge in [-0.15, -0.1) is 0 Å². The zero-order valence-corrected chi connectivity index (χ0v) is 13.6. The van der Waals surface area contributed by atoms with Gasteiger partial charge in [-0.25, -0.2) is 0 Å². The molecule has 1 aliphatic heterocycles. The van der Waals surface area contributed by atoms with Crippen LogP contribution in [0.25, 0.3) is 0 Å². The van der Waals surface area contributed by atoms with E-state index in [9.17, 15) is 0 Å². The van der Waals surface area contributed by atoms with E-state index in [0.29, 0.717) is 0 Å². The Labute approximate surface area is 128 Å². The average Bonchev–Trinajstić information content (AvgIpc) is 2.38. The zero-order valence-electron chi connectivity index (χ0n) is 12.8. The maximum absolute atomic E-state index is 5.55. The highest BCUT2D eigenvalue weighted by atomic mass is 32.1. The minimum absolute atomic E-state index is 0.866. The molecule has 1 aliphatic rings. The van der Waals surface area contributed by atoms with E-state index in [-0.39, 0.29) is 0 Å². The Morgan fingerprint density at radius 1 is 1.20 bits per heavy atom. The number of anilines is 1. The van der Waals surface area contributed by atoms with Gasteiger partial charge in [-0.1, -0.05) is 13.0 Å². The number of nitrogens with zero attached hydrogens (tertiary/aromatic N) is 1. The highest BCUT2D eigenvalue weighted by Crippen LogP contribution is 2.14. The molecule has 0 saturated carbocycles. The smallest absolute Gasteiger partial charge is 0.173 e. The first-order chi connectivity index (χ1) is 9.58. The summed E-state index contributed by atoms with van der Waals surface area (Å²) in [7, 11) is 0. The number of rotatable bonds is 3. The Balaban J connectivity index is 1.89. The number of aryl methyl sites for hydroxylation is 2. The van der Waals surface area contributed by atoms with Gasteiger partial charge < -0.3 is 15.1 Å². The lowest BCUT2D eigenvalue weighted by molar-refractivity contribution is -0.903. The van der Waals surface area contributed by atoms with E-state index in [1.54, 1.807) is 4.90 Å². The van der Waals surface area contributed by atoms with Crippen LogP contribution < -0.4 is 10.2 Å². The predicted octanol–water partition coefficient (Wildman–Crippen LogP) is 1.61. The van der Waals surface area contributed by atoms with Crippen LogP contribution in [0.5, 0.6) is 0 Å². The first kappa shape index (κ1) is 15.3. The van der Waals surface area contributed by atoms with Gasteiger partial charge >= 0.3 is 0 Å². The van der Waals surface area contributed by atoms with Crippen LogP contribution in [0.2, 0.25) is 0 Å². The molecular formula is C16H26N3S+. The van der Waals surface area contributed by atoms with Crippen LogP contribution in [0.1, 0.15) is 24.5 Å². The molecule has 0 aliphatic carbocycles. The van der Waals surface area contributed by atoms with Gasteiger partial charge in [-0.05, 0) is 55.7 Å². The maximum Gasteiger partial charge on any atom is 0.173 e. The van der Waals surface area contributed by atoms with Crippen LogP contribution >= 0.6 is 12.2 Å². The SMILES string of the molecule is CCC[NH+]1CCN(C(=S)Nc2cc(C)cc(C)c2)CC1. The second-order valence-electron chi connectivity index (χ2n) is 5.79. The van der Waals surface area contributed by atoms with Gasteiger partial charge in [0, 0.05) is 5.69 Å². The minimum atomic E-state index is 0.866. The fourth-order valence-electron chi connectivity index (χ4n) is 2.88. The van der Waals surface area contributed by atoms with Crippen molar-refractivity contribution in [1.82, 2.24) is 4.90 Å². The molecule has 0 bridgehead atoms. The molecule has 1 aromatic carbocycles. The lowest BCUT2D eigenvalue weighted by Gasteiger charge is -2.33. The van der Waals surface area contributed by atoms with Crippen LogP contribution in [0.3, 0.4) is 0 Å². The fourth-order valence-corrected chi connectivity index (χ4v) is 3.18. The van der Waals surface area contributed by atoms with Crippen molar-refractivity contribution >= 4 is 23.0 Å². The predicted molar refractivity (Wildman–Crippen MR) is 89.6 cm³/mol. The summed E-state index contributed by atoms with van der Waals surface area (Å²) >= 11 is 5.55. The van der Waals surface area contributed by atoms with Crippen molar-refractivity contribution in [2.75, 3.05) is 38.0 Å². The maximum atomic E-state index is 5.55. The number of thiocarbonyl (C=S) groups is 1. The molecule has 0 aromatic heterocycles. The lowest BCUT2D eigenvalue weighted by Crippen LogP contribution is -3.14. The van der Waals surface area contributed by atoms with E-state index in [0.717, 1.165) is 23.9 Å². The Kier molecular flexibility index (Phi) is 5.38. The Morgan fingerprint density at radius 3 is 2.35 bits per heavy atom. The van der Waals surface area contributed by atoms with Crippen molar-refractivity contribution in [3.8, 4) is 0 Å². The first-order valence-corrected chi connectivity index (χ1v) is 7.97. The summed E-state index contributed by atoms with van der Waals surface area (Å²) in [6.07, 6.45) is 1.26. The molecule has 110 valence electrons. The van der Waals surface area contributed by atoms with Crippen LogP contribution in [-0.2, 0) is 0 Å². The molecule has 2 N–H and O–H groups in total. The Hall–Kier alpha value is -1.13. The number of nitrogens with one attached hydrogen (secondary N) is 2. The summed E-state index contributed by atoms with van der Waals surface area (Å²) in [6, 6.07) is 6.48. The molecule has 1 fully saturated rings. The van der Waals surface area contributed by atoms with E-state index in [1.807, 2.05) is 0 Å². The summed E-state index contributed by atoms with van der Waals surface area (Å²) in [5, 5.41) is 4.25. The summed E-state index contributed by atoms with van der Waals surface area (Å²) in [6.45, 7) is 12.3. The fraction of sp³-hybridized carbons (Fsp3) is 0.562. The van der Waals surface area contributed by atoms with Gasteiger partial charge in [0.2, 0.25) is 0 Å². The monoisotopic (exact) mass is 292 g/mol. The first-order valence-electron chi connectivity index (χ1n) is 7.56. The molecule has 1 heterocycles. The molecule has 20 heavy (non-hydrogen) atoms. The molecule has 1 saturated heterocycles. The van der Waals surface area contributed by atoms with Gasteiger partial charge in [-0.3, -0.25) is 0 Å². The molecular weight excluding hydrogens is 266 g/mol. The summed E-state index contributed by atoms with van der Waals surface area (Å²) in [5.41, 5.74) is 3.65. The number of benzene rings is 1. The van der Waals surface area contributed by atoms with Crippen molar-refractivity contribution in [3.05, 3.63) is 29.3 Å². The third-order valence-corrected chi connectivity index (χ3v) is 4.19. The van der Waals surface area contributed by atoms with E-state index in [1.165, 1.54) is 37.2 Å². The van der Waals surface area contributed by atoms with Crippen LogP contribution in [0.4, 0.5) is 5.69 Å². The second kappa shape index (κ2) is 7.04. The summed E-state index contributed by atoms with van der Waals surface area (Å²) in [5.74, 6) is 0. The molecule has 0 unspecified atom stereocenters. The highest BCUT2D eigenvalue weighted by molar-refractivity contribution is 7.80. The molecule has 0 atom stereocenters. The van der Waals surface area contributed by atoms with Crippen molar-refractivity contribution < 1.29 is 4.90 Å². The van der Waals surface area contributed by atoms with Crippen LogP contribution in [0.15, 0.2) is 18.2 Å². The molecule has 1 aromatic rings. The highest BCUT2D eigenvalue weighted by Gasteiger charge is 2.20. The lowest BCUT2D eigenvalue weighted by atomic mass is 10.1. The van der Waals surface area contributed by atoms with E-state index >= 15 is 0 Å². The number of piperazine rings is 1. The average molecular weight is 292 g/mol. The van der Waals surface area contributed by atoms with Crippen LogP contribution in [-0.4, -0.2) is 42.7 Å². The van der Waals surface area contributed by atoms with Gasteiger partial charge in [-0.2, -0.15) is 0 Å². The number of hydrogen-bond donors (Lipinski definition) is 2. The zero-order chi connectivity index (χ0) is 14.5. The van der Waals surface area contributed by atoms with Crippen molar-refractivity contribution in [1.29, 1.82) is 0 Å². The summed E-state index contributed by atoms with van der Waals surface area (Å²) in [4.78, 5) is 4.00. The van der Waals surface area contributed by atoms with Crippen molar-refractivity contribution in [2.24, 2.45) is 0 Å². The van der Waals surface area contributed by atoms with Crippen molar-refractivity contribution in [2.45, 2.75) is 27.2 Å². The minimum Gasteiger partial charge on any atom is -0.338 e.